The molecule has 0 saturated heterocycles. The molecule has 0 saturated carbocycles. The molecule has 0 N–H and O–H groups in total. The Morgan fingerprint density at radius 1 is 1.33 bits per heavy atom. The first-order chi connectivity index (χ1) is 11.7. The number of halogens is 1. The van der Waals surface area contributed by atoms with Crippen molar-refractivity contribution in [1.29, 1.82) is 0 Å². The van der Waals surface area contributed by atoms with E-state index in [2.05, 4.69) is 10.2 Å². The van der Waals surface area contributed by atoms with Crippen molar-refractivity contribution in [2.45, 2.75) is 39.2 Å². The molecule has 0 radical (unpaired) electrons. The number of carbonyl (C=O) groups excluding carboxylic acids is 1. The minimum absolute atomic E-state index is 0.0758. The topological polar surface area (TPSA) is 59.2 Å². The van der Waals surface area contributed by atoms with Crippen LogP contribution in [0.5, 0.6) is 0 Å². The number of rotatable bonds is 6. The van der Waals surface area contributed by atoms with Crippen molar-refractivity contribution in [3.8, 4) is 11.5 Å². The average molecular weight is 346 g/mol. The van der Waals surface area contributed by atoms with E-state index in [0.29, 0.717) is 35.5 Å². The van der Waals surface area contributed by atoms with Gasteiger partial charge in [-0.2, -0.15) is 0 Å². The fourth-order valence-corrected chi connectivity index (χ4v) is 3.03. The largest absolute Gasteiger partial charge is 0.419 e. The van der Waals surface area contributed by atoms with E-state index in [1.165, 1.54) is 0 Å². The highest BCUT2D eigenvalue weighted by atomic mass is 35.5. The Hall–Kier alpha value is -2.14. The molecule has 0 atom stereocenters. The van der Waals surface area contributed by atoms with Crippen molar-refractivity contribution in [3.63, 3.8) is 0 Å². The van der Waals surface area contributed by atoms with Gasteiger partial charge < -0.3 is 9.32 Å². The highest BCUT2D eigenvalue weighted by molar-refractivity contribution is 6.33. The average Bonchev–Trinajstić information content (AvgIpc) is 3.26. The fraction of sp³-hybridized carbons (Fsp3) is 0.389. The van der Waals surface area contributed by atoms with Gasteiger partial charge in [0.1, 0.15) is 0 Å². The standard InChI is InChI=1S/C18H20ClN3O2/c1-2-11-22(18(23)13-7-3-4-8-13)12-16-20-21-17(24-16)14-9-5-6-10-15(14)19/h5-7,9-10H,2-4,8,11-12H2,1H3. The molecule has 2 aromatic rings. The summed E-state index contributed by atoms with van der Waals surface area (Å²) in [5.74, 6) is 0.872. The minimum Gasteiger partial charge on any atom is -0.419 e. The molecule has 24 heavy (non-hydrogen) atoms. The van der Waals surface area contributed by atoms with Gasteiger partial charge in [-0.25, -0.2) is 0 Å². The van der Waals surface area contributed by atoms with E-state index < -0.39 is 0 Å². The first-order valence-electron chi connectivity index (χ1n) is 8.24. The summed E-state index contributed by atoms with van der Waals surface area (Å²) in [5.41, 5.74) is 1.60. The van der Waals surface area contributed by atoms with Gasteiger partial charge in [-0.05, 0) is 37.8 Å². The summed E-state index contributed by atoms with van der Waals surface area (Å²) in [4.78, 5) is 14.4. The third kappa shape index (κ3) is 3.67. The first kappa shape index (κ1) is 16.7. The maximum absolute atomic E-state index is 12.6. The summed E-state index contributed by atoms with van der Waals surface area (Å²) in [5, 5.41) is 8.70. The van der Waals surface area contributed by atoms with Crippen LogP contribution in [0.25, 0.3) is 11.5 Å². The van der Waals surface area contributed by atoms with Crippen LogP contribution in [0.4, 0.5) is 0 Å². The van der Waals surface area contributed by atoms with Crippen molar-refractivity contribution in [1.82, 2.24) is 15.1 Å². The van der Waals surface area contributed by atoms with Crippen molar-refractivity contribution >= 4 is 17.5 Å². The number of aromatic nitrogens is 2. The second-order valence-electron chi connectivity index (χ2n) is 5.83. The molecule has 1 aliphatic carbocycles. The summed E-state index contributed by atoms with van der Waals surface area (Å²) in [6.07, 6.45) is 5.81. The van der Waals surface area contributed by atoms with Crippen LogP contribution in [-0.2, 0) is 11.3 Å². The molecular weight excluding hydrogens is 326 g/mol. The highest BCUT2D eigenvalue weighted by Crippen LogP contribution is 2.27. The Morgan fingerprint density at radius 3 is 2.88 bits per heavy atom. The zero-order chi connectivity index (χ0) is 16.9. The van der Waals surface area contributed by atoms with E-state index in [0.717, 1.165) is 31.3 Å². The SMILES string of the molecule is CCCN(Cc1nnc(-c2ccccc2Cl)o1)C(=O)C1=CCCC1. The lowest BCUT2D eigenvalue weighted by atomic mass is 10.2. The number of hydrogen-bond acceptors (Lipinski definition) is 4. The van der Waals surface area contributed by atoms with Crippen molar-refractivity contribution in [2.24, 2.45) is 0 Å². The maximum Gasteiger partial charge on any atom is 0.249 e. The van der Waals surface area contributed by atoms with E-state index in [4.69, 9.17) is 16.0 Å². The second-order valence-corrected chi connectivity index (χ2v) is 6.24. The summed E-state index contributed by atoms with van der Waals surface area (Å²) < 4.78 is 5.72. The molecule has 6 heteroatoms. The Balaban J connectivity index is 1.76. The maximum atomic E-state index is 12.6. The van der Waals surface area contributed by atoms with Gasteiger partial charge in [0.25, 0.3) is 0 Å². The Morgan fingerprint density at radius 2 is 2.17 bits per heavy atom. The molecule has 5 nitrogen and oxygen atoms in total. The zero-order valence-corrected chi connectivity index (χ0v) is 14.4. The molecule has 3 rings (SSSR count). The van der Waals surface area contributed by atoms with Gasteiger partial charge in [0.05, 0.1) is 17.1 Å². The van der Waals surface area contributed by atoms with Gasteiger partial charge in [0.2, 0.25) is 17.7 Å². The lowest BCUT2D eigenvalue weighted by Gasteiger charge is -2.20. The van der Waals surface area contributed by atoms with Crippen LogP contribution >= 0.6 is 11.6 Å². The van der Waals surface area contributed by atoms with Crippen molar-refractivity contribution in [3.05, 3.63) is 46.8 Å². The molecule has 0 fully saturated rings. The second kappa shape index (κ2) is 7.62. The molecule has 1 aromatic carbocycles. The molecule has 0 aliphatic heterocycles. The van der Waals surface area contributed by atoms with Gasteiger partial charge >= 0.3 is 0 Å². The van der Waals surface area contributed by atoms with E-state index >= 15 is 0 Å². The molecule has 0 unspecified atom stereocenters. The van der Waals surface area contributed by atoms with E-state index in [1.807, 2.05) is 31.2 Å². The van der Waals surface area contributed by atoms with E-state index in [-0.39, 0.29) is 5.91 Å². The number of benzene rings is 1. The van der Waals surface area contributed by atoms with Gasteiger partial charge in [-0.3, -0.25) is 4.79 Å². The number of hydrogen-bond donors (Lipinski definition) is 0. The molecule has 0 spiro atoms. The Kier molecular flexibility index (Phi) is 5.30. The van der Waals surface area contributed by atoms with Gasteiger partial charge in [0, 0.05) is 12.1 Å². The summed E-state index contributed by atoms with van der Waals surface area (Å²) in [6, 6.07) is 7.32. The smallest absolute Gasteiger partial charge is 0.249 e. The van der Waals surface area contributed by atoms with Crippen LogP contribution in [0, 0.1) is 0 Å². The van der Waals surface area contributed by atoms with Crippen molar-refractivity contribution < 1.29 is 9.21 Å². The van der Waals surface area contributed by atoms with Gasteiger partial charge in [0.15, 0.2) is 0 Å². The van der Waals surface area contributed by atoms with Gasteiger partial charge in [-0.15, -0.1) is 10.2 Å². The lowest BCUT2D eigenvalue weighted by Crippen LogP contribution is -2.32. The van der Waals surface area contributed by atoms with Crippen LogP contribution in [0.1, 0.15) is 38.5 Å². The number of allylic oxidation sites excluding steroid dienone is 1. The van der Waals surface area contributed by atoms with Crippen LogP contribution < -0.4 is 0 Å². The molecule has 1 aliphatic rings. The van der Waals surface area contributed by atoms with Crippen LogP contribution in [0.15, 0.2) is 40.3 Å². The number of nitrogens with zero attached hydrogens (tertiary/aromatic N) is 3. The predicted molar refractivity (Wildman–Crippen MR) is 92.4 cm³/mol. The normalized spacial score (nSPS) is 13.8. The zero-order valence-electron chi connectivity index (χ0n) is 13.7. The summed E-state index contributed by atoms with van der Waals surface area (Å²) >= 11 is 6.16. The highest BCUT2D eigenvalue weighted by Gasteiger charge is 2.22. The quantitative estimate of drug-likeness (QED) is 0.785. The van der Waals surface area contributed by atoms with Crippen LogP contribution in [0.2, 0.25) is 5.02 Å². The molecule has 126 valence electrons. The monoisotopic (exact) mass is 345 g/mol. The van der Waals surface area contributed by atoms with Crippen molar-refractivity contribution in [2.75, 3.05) is 6.54 Å². The molecular formula is C18H20ClN3O2. The lowest BCUT2D eigenvalue weighted by molar-refractivity contribution is -0.128. The fourth-order valence-electron chi connectivity index (χ4n) is 2.81. The molecule has 0 bridgehead atoms. The van der Waals surface area contributed by atoms with E-state index in [1.54, 1.807) is 11.0 Å². The minimum atomic E-state index is 0.0758. The number of carbonyl (C=O) groups is 1. The van der Waals surface area contributed by atoms with Gasteiger partial charge in [-0.1, -0.05) is 36.7 Å². The summed E-state index contributed by atoms with van der Waals surface area (Å²) in [7, 11) is 0. The Labute approximate surface area is 146 Å². The van der Waals surface area contributed by atoms with Crippen LogP contribution in [-0.4, -0.2) is 27.5 Å². The molecule has 1 aromatic heterocycles. The molecule has 1 heterocycles. The predicted octanol–water partition coefficient (Wildman–Crippen LogP) is 4.24. The Bertz CT molecular complexity index is 754. The third-order valence-electron chi connectivity index (χ3n) is 3.99. The number of amides is 1. The first-order valence-corrected chi connectivity index (χ1v) is 8.62. The third-order valence-corrected chi connectivity index (χ3v) is 4.32. The van der Waals surface area contributed by atoms with Crippen LogP contribution in [0.3, 0.4) is 0 Å². The summed E-state index contributed by atoms with van der Waals surface area (Å²) in [6.45, 7) is 3.04. The van der Waals surface area contributed by atoms with E-state index in [9.17, 15) is 4.79 Å². The molecule has 1 amide bonds.